The van der Waals surface area contributed by atoms with Crippen LogP contribution in [0, 0.1) is 6.92 Å². The van der Waals surface area contributed by atoms with E-state index in [1.807, 2.05) is 25.1 Å². The molecule has 0 aliphatic carbocycles. The molecule has 0 fully saturated rings. The summed E-state index contributed by atoms with van der Waals surface area (Å²) >= 11 is 15.6. The van der Waals surface area contributed by atoms with Crippen molar-refractivity contribution in [2.75, 3.05) is 17.7 Å². The van der Waals surface area contributed by atoms with Gasteiger partial charge in [-0.1, -0.05) is 50.8 Å². The molecule has 0 atom stereocenters. The van der Waals surface area contributed by atoms with Crippen LogP contribution in [0.25, 0.3) is 0 Å². The molecule has 0 aliphatic heterocycles. The summed E-state index contributed by atoms with van der Waals surface area (Å²) in [5.74, 6) is -0.269. The maximum atomic E-state index is 12.5. The Morgan fingerprint density at radius 1 is 1.14 bits per heavy atom. The number of halogens is 3. The van der Waals surface area contributed by atoms with Crippen LogP contribution in [0.15, 0.2) is 34.8 Å². The molecule has 1 amide bonds. The number of hydrogen-bond acceptors (Lipinski definition) is 2. The molecule has 0 saturated carbocycles. The van der Waals surface area contributed by atoms with Gasteiger partial charge in [0, 0.05) is 17.2 Å². The third kappa shape index (κ3) is 3.70. The number of carbonyl (C=O) groups excluding carboxylic acids is 1. The van der Waals surface area contributed by atoms with E-state index >= 15 is 0 Å². The maximum absolute atomic E-state index is 12.5. The molecule has 6 heteroatoms. The molecule has 0 spiro atoms. The molecule has 2 aromatic rings. The lowest BCUT2D eigenvalue weighted by atomic mass is 10.1. The van der Waals surface area contributed by atoms with Crippen molar-refractivity contribution in [3.63, 3.8) is 0 Å². The SMILES string of the molecule is CNc1ccc(C)cc1C(=O)Nc1c(Cl)cc(Br)cc1Cl. The fourth-order valence-electron chi connectivity index (χ4n) is 1.91. The second-order valence-electron chi connectivity index (χ2n) is 4.50. The van der Waals surface area contributed by atoms with Gasteiger partial charge >= 0.3 is 0 Å². The van der Waals surface area contributed by atoms with Gasteiger partial charge in [-0.2, -0.15) is 0 Å². The topological polar surface area (TPSA) is 41.1 Å². The Hall–Kier alpha value is -1.23. The Morgan fingerprint density at radius 2 is 1.76 bits per heavy atom. The van der Waals surface area contributed by atoms with Crippen LogP contribution in [0.2, 0.25) is 10.0 Å². The molecule has 0 heterocycles. The van der Waals surface area contributed by atoms with Crippen LogP contribution < -0.4 is 10.6 Å². The average molecular weight is 388 g/mol. The quantitative estimate of drug-likeness (QED) is 0.744. The van der Waals surface area contributed by atoms with Gasteiger partial charge in [0.2, 0.25) is 0 Å². The van der Waals surface area contributed by atoms with Crippen LogP contribution in [-0.4, -0.2) is 13.0 Å². The van der Waals surface area contributed by atoms with Gasteiger partial charge in [0.1, 0.15) is 0 Å². The molecule has 0 aliphatic rings. The summed E-state index contributed by atoms with van der Waals surface area (Å²) in [6.07, 6.45) is 0. The standard InChI is InChI=1S/C15H13BrCl2N2O/c1-8-3-4-13(19-2)10(5-8)15(21)20-14-11(17)6-9(16)7-12(14)18/h3-7,19H,1-2H3,(H,20,21). The number of amides is 1. The Bertz CT molecular complexity index is 681. The van der Waals surface area contributed by atoms with Gasteiger partial charge in [0.25, 0.3) is 5.91 Å². The molecule has 0 radical (unpaired) electrons. The first-order chi connectivity index (χ1) is 9.92. The highest BCUT2D eigenvalue weighted by Gasteiger charge is 2.15. The number of carbonyl (C=O) groups is 1. The van der Waals surface area contributed by atoms with Crippen molar-refractivity contribution in [2.45, 2.75) is 6.92 Å². The van der Waals surface area contributed by atoms with Crippen LogP contribution in [0.1, 0.15) is 15.9 Å². The summed E-state index contributed by atoms with van der Waals surface area (Å²) in [6.45, 7) is 1.93. The first-order valence-electron chi connectivity index (χ1n) is 6.16. The summed E-state index contributed by atoms with van der Waals surface area (Å²) in [4.78, 5) is 12.5. The van der Waals surface area contributed by atoms with E-state index in [9.17, 15) is 4.79 Å². The van der Waals surface area contributed by atoms with Crippen LogP contribution in [0.5, 0.6) is 0 Å². The smallest absolute Gasteiger partial charge is 0.257 e. The van der Waals surface area contributed by atoms with E-state index in [0.717, 1.165) is 15.7 Å². The second-order valence-corrected chi connectivity index (χ2v) is 6.23. The van der Waals surface area contributed by atoms with Crippen molar-refractivity contribution < 1.29 is 4.79 Å². The Balaban J connectivity index is 2.37. The highest BCUT2D eigenvalue weighted by molar-refractivity contribution is 9.10. The van der Waals surface area contributed by atoms with Gasteiger partial charge in [-0.3, -0.25) is 4.79 Å². The Labute approximate surface area is 141 Å². The van der Waals surface area contributed by atoms with Crippen LogP contribution in [0.4, 0.5) is 11.4 Å². The van der Waals surface area contributed by atoms with Crippen molar-refractivity contribution in [1.82, 2.24) is 0 Å². The number of anilines is 2. The number of hydrogen-bond donors (Lipinski definition) is 2. The van der Waals surface area contributed by atoms with Gasteiger partial charge in [-0.15, -0.1) is 0 Å². The molecule has 2 aromatic carbocycles. The molecule has 0 aromatic heterocycles. The van der Waals surface area contributed by atoms with E-state index in [4.69, 9.17) is 23.2 Å². The lowest BCUT2D eigenvalue weighted by Gasteiger charge is -2.13. The van der Waals surface area contributed by atoms with Crippen molar-refractivity contribution in [2.24, 2.45) is 0 Å². The van der Waals surface area contributed by atoms with Gasteiger partial charge in [0.05, 0.1) is 21.3 Å². The van der Waals surface area contributed by atoms with E-state index in [2.05, 4.69) is 26.6 Å². The molecule has 2 rings (SSSR count). The molecular formula is C15H13BrCl2N2O. The van der Waals surface area contributed by atoms with Gasteiger partial charge in [0.15, 0.2) is 0 Å². The molecular weight excluding hydrogens is 375 g/mol. The van der Waals surface area contributed by atoms with Gasteiger partial charge < -0.3 is 10.6 Å². The third-order valence-electron chi connectivity index (χ3n) is 2.93. The Kier molecular flexibility index (Phi) is 5.14. The predicted octanol–water partition coefficient (Wildman–Crippen LogP) is 5.36. The van der Waals surface area contributed by atoms with Gasteiger partial charge in [-0.05, 0) is 31.2 Å². The minimum atomic E-state index is -0.269. The van der Waals surface area contributed by atoms with Crippen molar-refractivity contribution in [3.8, 4) is 0 Å². The minimum absolute atomic E-state index is 0.269. The van der Waals surface area contributed by atoms with Gasteiger partial charge in [-0.25, -0.2) is 0 Å². The molecule has 0 bridgehead atoms. The summed E-state index contributed by atoms with van der Waals surface area (Å²) in [6, 6.07) is 8.95. The average Bonchev–Trinajstić information content (AvgIpc) is 2.42. The Morgan fingerprint density at radius 3 is 2.33 bits per heavy atom. The summed E-state index contributed by atoms with van der Waals surface area (Å²) in [5.41, 5.74) is 2.66. The zero-order chi connectivity index (χ0) is 15.6. The summed E-state index contributed by atoms with van der Waals surface area (Å²) < 4.78 is 0.752. The molecule has 2 N–H and O–H groups in total. The fourth-order valence-corrected chi connectivity index (χ4v) is 3.21. The third-order valence-corrected chi connectivity index (χ3v) is 3.99. The van der Waals surface area contributed by atoms with Crippen molar-refractivity contribution in [3.05, 3.63) is 56.0 Å². The maximum Gasteiger partial charge on any atom is 0.257 e. The van der Waals surface area contributed by atoms with Crippen LogP contribution in [-0.2, 0) is 0 Å². The van der Waals surface area contributed by atoms with E-state index in [1.165, 1.54) is 0 Å². The monoisotopic (exact) mass is 386 g/mol. The van der Waals surface area contributed by atoms with Crippen LogP contribution in [0.3, 0.4) is 0 Å². The van der Waals surface area contributed by atoms with E-state index in [-0.39, 0.29) is 5.91 Å². The largest absolute Gasteiger partial charge is 0.387 e. The van der Waals surface area contributed by atoms with E-state index in [1.54, 1.807) is 19.2 Å². The summed E-state index contributed by atoms with van der Waals surface area (Å²) in [7, 11) is 1.76. The first-order valence-corrected chi connectivity index (χ1v) is 7.71. The molecule has 0 unspecified atom stereocenters. The summed E-state index contributed by atoms with van der Waals surface area (Å²) in [5, 5.41) is 6.51. The second kappa shape index (κ2) is 6.69. The highest BCUT2D eigenvalue weighted by atomic mass is 79.9. The molecule has 110 valence electrons. The minimum Gasteiger partial charge on any atom is -0.387 e. The van der Waals surface area contributed by atoms with E-state index in [0.29, 0.717) is 21.3 Å². The van der Waals surface area contributed by atoms with Crippen LogP contribution >= 0.6 is 39.1 Å². The molecule has 0 saturated heterocycles. The van der Waals surface area contributed by atoms with Crippen molar-refractivity contribution in [1.29, 1.82) is 0 Å². The van der Waals surface area contributed by atoms with Crippen molar-refractivity contribution >= 4 is 56.4 Å². The van der Waals surface area contributed by atoms with E-state index < -0.39 is 0 Å². The highest BCUT2D eigenvalue weighted by Crippen LogP contribution is 2.34. The molecule has 3 nitrogen and oxygen atoms in total. The number of rotatable bonds is 3. The lowest BCUT2D eigenvalue weighted by molar-refractivity contribution is 0.102. The zero-order valence-electron chi connectivity index (χ0n) is 11.4. The predicted molar refractivity (Wildman–Crippen MR) is 92.8 cm³/mol. The fraction of sp³-hybridized carbons (Fsp3) is 0.133. The first kappa shape index (κ1) is 16.1. The lowest BCUT2D eigenvalue weighted by Crippen LogP contribution is -2.15. The normalized spacial score (nSPS) is 10.3. The number of nitrogens with one attached hydrogen (secondary N) is 2. The number of aryl methyl sites for hydroxylation is 1. The zero-order valence-corrected chi connectivity index (χ0v) is 14.5. The molecule has 21 heavy (non-hydrogen) atoms. The number of benzene rings is 2.